The number of fused-ring (bicyclic) bond motifs is 2. The molecule has 1 atom stereocenters. The lowest BCUT2D eigenvalue weighted by atomic mass is 9.90. The van der Waals surface area contributed by atoms with Crippen LogP contribution < -0.4 is 5.32 Å². The molecule has 0 aromatic heterocycles. The molecular formula is C17H15Cl2N3O. The minimum absolute atomic E-state index is 0. The third-order valence-electron chi connectivity index (χ3n) is 4.12. The number of para-hydroxylation sites is 1. The van der Waals surface area contributed by atoms with Crippen molar-refractivity contribution in [1.82, 2.24) is 4.90 Å². The first-order chi connectivity index (χ1) is 10.7. The summed E-state index contributed by atoms with van der Waals surface area (Å²) in [6.07, 6.45) is 0. The van der Waals surface area contributed by atoms with Gasteiger partial charge in [-0.2, -0.15) is 0 Å². The van der Waals surface area contributed by atoms with E-state index in [0.29, 0.717) is 17.5 Å². The molecule has 1 unspecified atom stereocenters. The first kappa shape index (κ1) is 15.8. The van der Waals surface area contributed by atoms with Gasteiger partial charge in [0.25, 0.3) is 5.91 Å². The Labute approximate surface area is 145 Å². The summed E-state index contributed by atoms with van der Waals surface area (Å²) in [5, 5.41) is 3.99. The standard InChI is InChI=1S/C17H14ClN3O.ClH/c18-12-5-3-4-11(8-12)14-10-21-16(22)9-19-17(21)20-15-7-2-1-6-13(14)15;/h1-8,14H,9-10H2,(H,19,20);1H. The molecule has 118 valence electrons. The third-order valence-corrected chi connectivity index (χ3v) is 4.35. The summed E-state index contributed by atoms with van der Waals surface area (Å²) in [7, 11) is 0. The van der Waals surface area contributed by atoms with Crippen LogP contribution in [0.5, 0.6) is 0 Å². The molecule has 2 heterocycles. The Kier molecular flexibility index (Phi) is 4.28. The van der Waals surface area contributed by atoms with Gasteiger partial charge in [0.05, 0.1) is 0 Å². The van der Waals surface area contributed by atoms with Gasteiger partial charge in [-0.05, 0) is 29.3 Å². The molecule has 2 aromatic carbocycles. The van der Waals surface area contributed by atoms with E-state index in [2.05, 4.69) is 22.4 Å². The highest BCUT2D eigenvalue weighted by Crippen LogP contribution is 2.35. The highest BCUT2D eigenvalue weighted by Gasteiger charge is 2.33. The molecule has 0 saturated heterocycles. The number of aliphatic imine (C=N–C) groups is 1. The van der Waals surface area contributed by atoms with Gasteiger partial charge in [0.2, 0.25) is 5.96 Å². The number of anilines is 1. The number of carbonyl (C=O) groups excluding carboxylic acids is 1. The van der Waals surface area contributed by atoms with Crippen LogP contribution in [0.15, 0.2) is 53.5 Å². The van der Waals surface area contributed by atoms with Crippen molar-refractivity contribution in [3.05, 3.63) is 64.7 Å². The topological polar surface area (TPSA) is 44.7 Å². The molecule has 4 rings (SSSR count). The zero-order chi connectivity index (χ0) is 15.1. The monoisotopic (exact) mass is 347 g/mol. The molecule has 0 fully saturated rings. The van der Waals surface area contributed by atoms with Crippen LogP contribution in [0.4, 0.5) is 5.69 Å². The molecule has 2 aliphatic heterocycles. The average molecular weight is 348 g/mol. The highest BCUT2D eigenvalue weighted by molar-refractivity contribution is 6.30. The summed E-state index contributed by atoms with van der Waals surface area (Å²) in [6.45, 7) is 0.786. The average Bonchev–Trinajstić information content (AvgIpc) is 2.78. The first-order valence-corrected chi connectivity index (χ1v) is 7.56. The van der Waals surface area contributed by atoms with Gasteiger partial charge in [-0.3, -0.25) is 9.69 Å². The van der Waals surface area contributed by atoms with Gasteiger partial charge in [-0.25, -0.2) is 4.99 Å². The minimum Gasteiger partial charge on any atom is -0.326 e. The Hall–Kier alpha value is -2.04. The molecule has 2 aliphatic rings. The van der Waals surface area contributed by atoms with Crippen molar-refractivity contribution < 1.29 is 4.79 Å². The number of hydrogen-bond acceptors (Lipinski definition) is 3. The lowest BCUT2D eigenvalue weighted by Gasteiger charge is -2.21. The number of benzene rings is 2. The fraction of sp³-hybridized carbons (Fsp3) is 0.176. The van der Waals surface area contributed by atoms with E-state index in [4.69, 9.17) is 11.6 Å². The van der Waals surface area contributed by atoms with Crippen LogP contribution in [-0.4, -0.2) is 29.9 Å². The van der Waals surface area contributed by atoms with Crippen LogP contribution in [0.25, 0.3) is 0 Å². The molecule has 0 aliphatic carbocycles. The van der Waals surface area contributed by atoms with Crippen molar-refractivity contribution in [3.8, 4) is 0 Å². The van der Waals surface area contributed by atoms with E-state index >= 15 is 0 Å². The van der Waals surface area contributed by atoms with Crippen molar-refractivity contribution >= 4 is 41.6 Å². The van der Waals surface area contributed by atoms with Gasteiger partial charge in [-0.15, -0.1) is 12.4 Å². The third kappa shape index (κ3) is 2.80. The normalized spacial score (nSPS) is 19.0. The quantitative estimate of drug-likeness (QED) is 0.857. The smallest absolute Gasteiger partial charge is 0.251 e. The molecule has 2 aromatic rings. The van der Waals surface area contributed by atoms with Crippen molar-refractivity contribution in [1.29, 1.82) is 0 Å². The van der Waals surface area contributed by atoms with E-state index in [1.165, 1.54) is 0 Å². The Balaban J connectivity index is 0.00000156. The number of rotatable bonds is 1. The molecule has 0 bridgehead atoms. The van der Waals surface area contributed by atoms with E-state index in [1.807, 2.05) is 36.4 Å². The summed E-state index contributed by atoms with van der Waals surface area (Å²) in [4.78, 5) is 18.1. The number of nitrogens with one attached hydrogen (secondary N) is 1. The van der Waals surface area contributed by atoms with Crippen LogP contribution in [0.2, 0.25) is 5.02 Å². The maximum absolute atomic E-state index is 12.1. The fourth-order valence-electron chi connectivity index (χ4n) is 3.05. The molecule has 4 nitrogen and oxygen atoms in total. The van der Waals surface area contributed by atoms with Crippen LogP contribution in [0, 0.1) is 0 Å². The SMILES string of the molecule is Cl.O=C1CN=C2Nc3ccccc3C(c3cccc(Cl)c3)CN12. The molecule has 0 spiro atoms. The predicted molar refractivity (Wildman–Crippen MR) is 94.6 cm³/mol. The number of amides is 1. The van der Waals surface area contributed by atoms with Gasteiger partial charge in [0.1, 0.15) is 6.54 Å². The molecule has 0 saturated carbocycles. The zero-order valence-corrected chi connectivity index (χ0v) is 13.8. The number of halogens is 2. The highest BCUT2D eigenvalue weighted by atomic mass is 35.5. The van der Waals surface area contributed by atoms with Gasteiger partial charge >= 0.3 is 0 Å². The number of hydrogen-bond donors (Lipinski definition) is 1. The second-order valence-corrected chi connectivity index (χ2v) is 5.90. The minimum atomic E-state index is 0. The Bertz CT molecular complexity index is 791. The number of carbonyl (C=O) groups is 1. The van der Waals surface area contributed by atoms with Crippen molar-refractivity contribution in [2.75, 3.05) is 18.4 Å². The van der Waals surface area contributed by atoms with Crippen LogP contribution in [0.3, 0.4) is 0 Å². The Morgan fingerprint density at radius 2 is 2.00 bits per heavy atom. The van der Waals surface area contributed by atoms with Crippen LogP contribution >= 0.6 is 24.0 Å². The summed E-state index contributed by atoms with van der Waals surface area (Å²) >= 11 is 6.15. The van der Waals surface area contributed by atoms with Gasteiger partial charge < -0.3 is 5.32 Å². The van der Waals surface area contributed by atoms with Crippen LogP contribution in [0.1, 0.15) is 17.0 Å². The van der Waals surface area contributed by atoms with Gasteiger partial charge in [0.15, 0.2) is 0 Å². The summed E-state index contributed by atoms with van der Waals surface area (Å²) in [6, 6.07) is 15.9. The van der Waals surface area contributed by atoms with E-state index in [1.54, 1.807) is 4.90 Å². The second kappa shape index (κ2) is 6.22. The number of nitrogens with zero attached hydrogens (tertiary/aromatic N) is 2. The lowest BCUT2D eigenvalue weighted by Crippen LogP contribution is -2.37. The molecule has 1 amide bonds. The Morgan fingerprint density at radius 3 is 2.83 bits per heavy atom. The molecule has 6 heteroatoms. The molecule has 1 N–H and O–H groups in total. The van der Waals surface area contributed by atoms with Crippen LogP contribution in [-0.2, 0) is 4.79 Å². The van der Waals surface area contributed by atoms with E-state index in [9.17, 15) is 4.79 Å². The maximum atomic E-state index is 12.1. The number of guanidine groups is 1. The fourth-order valence-corrected chi connectivity index (χ4v) is 3.25. The predicted octanol–water partition coefficient (Wildman–Crippen LogP) is 3.52. The van der Waals surface area contributed by atoms with E-state index < -0.39 is 0 Å². The van der Waals surface area contributed by atoms with E-state index in [-0.39, 0.29) is 30.8 Å². The Morgan fingerprint density at radius 1 is 1.17 bits per heavy atom. The largest absolute Gasteiger partial charge is 0.326 e. The maximum Gasteiger partial charge on any atom is 0.251 e. The second-order valence-electron chi connectivity index (χ2n) is 5.46. The molecule has 0 radical (unpaired) electrons. The van der Waals surface area contributed by atoms with Crippen molar-refractivity contribution in [3.63, 3.8) is 0 Å². The summed E-state index contributed by atoms with van der Waals surface area (Å²) in [5.74, 6) is 0.737. The summed E-state index contributed by atoms with van der Waals surface area (Å²) in [5.41, 5.74) is 3.24. The summed E-state index contributed by atoms with van der Waals surface area (Å²) < 4.78 is 0. The van der Waals surface area contributed by atoms with Crippen molar-refractivity contribution in [2.45, 2.75) is 5.92 Å². The zero-order valence-electron chi connectivity index (χ0n) is 12.2. The molecular weight excluding hydrogens is 333 g/mol. The van der Waals surface area contributed by atoms with Gasteiger partial charge in [0, 0.05) is 23.2 Å². The van der Waals surface area contributed by atoms with Crippen molar-refractivity contribution in [2.24, 2.45) is 4.99 Å². The molecule has 23 heavy (non-hydrogen) atoms. The van der Waals surface area contributed by atoms with E-state index in [0.717, 1.165) is 16.8 Å². The van der Waals surface area contributed by atoms with Gasteiger partial charge in [-0.1, -0.05) is 41.9 Å². The lowest BCUT2D eigenvalue weighted by molar-refractivity contribution is -0.124. The first-order valence-electron chi connectivity index (χ1n) is 7.18.